The van der Waals surface area contributed by atoms with Gasteiger partial charge in [-0.2, -0.15) is 0 Å². The minimum atomic E-state index is -0.155. The molecule has 3 heteroatoms. The zero-order valence-electron chi connectivity index (χ0n) is 9.71. The average Bonchev–Trinajstić information content (AvgIpc) is 2.57. The molecule has 16 heavy (non-hydrogen) atoms. The minimum absolute atomic E-state index is 0.155. The minimum Gasteiger partial charge on any atom is -0.368 e. The first-order chi connectivity index (χ1) is 7.61. The topological polar surface area (TPSA) is 3.24 Å². The molecule has 2 atom stereocenters. The van der Waals surface area contributed by atoms with Crippen LogP contribution in [-0.4, -0.2) is 12.6 Å². The second kappa shape index (κ2) is 4.74. The fourth-order valence-electron chi connectivity index (χ4n) is 2.58. The second-order valence-corrected chi connectivity index (χ2v) is 5.31. The molecule has 0 N–H and O–H groups in total. The molecule has 1 saturated heterocycles. The second-order valence-electron chi connectivity index (χ2n) is 4.75. The molecule has 1 aliphatic rings. The van der Waals surface area contributed by atoms with E-state index < -0.39 is 0 Å². The van der Waals surface area contributed by atoms with E-state index in [4.69, 9.17) is 0 Å². The summed E-state index contributed by atoms with van der Waals surface area (Å²) in [6.07, 6.45) is 1.22. The third kappa shape index (κ3) is 2.24. The Morgan fingerprint density at radius 3 is 2.75 bits per heavy atom. The Balaban J connectivity index is 2.32. The molecule has 1 aromatic rings. The molecule has 0 bridgehead atoms. The normalized spacial score (nSPS) is 25.1. The van der Waals surface area contributed by atoms with Crippen molar-refractivity contribution < 1.29 is 4.39 Å². The molecule has 2 unspecified atom stereocenters. The lowest BCUT2D eigenvalue weighted by Gasteiger charge is -2.26. The zero-order chi connectivity index (χ0) is 11.7. The van der Waals surface area contributed by atoms with Crippen LogP contribution in [-0.2, 0) is 5.33 Å². The number of hydrogen-bond donors (Lipinski definition) is 0. The monoisotopic (exact) mass is 285 g/mol. The maximum absolute atomic E-state index is 13.2. The molecule has 0 aliphatic carbocycles. The molecule has 2 rings (SSSR count). The van der Waals surface area contributed by atoms with Gasteiger partial charge in [-0.15, -0.1) is 0 Å². The van der Waals surface area contributed by atoms with Crippen LogP contribution >= 0.6 is 15.9 Å². The number of benzene rings is 1. The van der Waals surface area contributed by atoms with Crippen molar-refractivity contribution >= 4 is 21.6 Å². The molecule has 1 fully saturated rings. The van der Waals surface area contributed by atoms with Crippen LogP contribution in [0.5, 0.6) is 0 Å². The van der Waals surface area contributed by atoms with E-state index in [1.807, 2.05) is 6.07 Å². The SMILES string of the molecule is CC1CC(C)N(c2ccc(F)cc2CBr)C1. The fourth-order valence-corrected chi connectivity index (χ4v) is 3.03. The average molecular weight is 286 g/mol. The highest BCUT2D eigenvalue weighted by molar-refractivity contribution is 9.08. The van der Waals surface area contributed by atoms with Crippen molar-refractivity contribution in [1.82, 2.24) is 0 Å². The quantitative estimate of drug-likeness (QED) is 0.744. The molecule has 0 saturated carbocycles. The van der Waals surface area contributed by atoms with Crippen LogP contribution in [0.25, 0.3) is 0 Å². The summed E-state index contributed by atoms with van der Waals surface area (Å²) in [5.74, 6) is 0.571. The number of anilines is 1. The van der Waals surface area contributed by atoms with E-state index in [1.165, 1.54) is 12.1 Å². The molecule has 1 nitrogen and oxygen atoms in total. The lowest BCUT2D eigenvalue weighted by atomic mass is 10.1. The van der Waals surface area contributed by atoms with Crippen LogP contribution in [0.2, 0.25) is 0 Å². The van der Waals surface area contributed by atoms with Gasteiger partial charge in [0.2, 0.25) is 0 Å². The predicted molar refractivity (Wildman–Crippen MR) is 69.6 cm³/mol. The van der Waals surface area contributed by atoms with E-state index in [1.54, 1.807) is 12.1 Å². The number of nitrogens with zero attached hydrogens (tertiary/aromatic N) is 1. The van der Waals surface area contributed by atoms with Crippen molar-refractivity contribution in [3.05, 3.63) is 29.6 Å². The van der Waals surface area contributed by atoms with E-state index in [2.05, 4.69) is 34.7 Å². The highest BCUT2D eigenvalue weighted by Crippen LogP contribution is 2.32. The Morgan fingerprint density at radius 2 is 2.19 bits per heavy atom. The largest absolute Gasteiger partial charge is 0.368 e. The smallest absolute Gasteiger partial charge is 0.123 e. The lowest BCUT2D eigenvalue weighted by Crippen LogP contribution is -2.27. The van der Waals surface area contributed by atoms with Gasteiger partial charge in [-0.25, -0.2) is 4.39 Å². The molecule has 0 radical (unpaired) electrons. The Morgan fingerprint density at radius 1 is 1.44 bits per heavy atom. The van der Waals surface area contributed by atoms with Gasteiger partial charge in [0.25, 0.3) is 0 Å². The standard InChI is InChI=1S/C13H17BrFN/c1-9-5-10(2)16(8-9)13-4-3-12(15)6-11(13)7-14/h3-4,6,9-10H,5,7-8H2,1-2H3. The van der Waals surface area contributed by atoms with Crippen molar-refractivity contribution in [1.29, 1.82) is 0 Å². The Bertz CT molecular complexity index is 380. The first-order valence-corrected chi connectivity index (χ1v) is 6.85. The van der Waals surface area contributed by atoms with Gasteiger partial charge >= 0.3 is 0 Å². The molecule has 0 spiro atoms. The van der Waals surface area contributed by atoms with E-state index in [0.29, 0.717) is 11.4 Å². The summed E-state index contributed by atoms with van der Waals surface area (Å²) >= 11 is 3.43. The summed E-state index contributed by atoms with van der Waals surface area (Å²) in [7, 11) is 0. The first kappa shape index (κ1) is 11.9. The fraction of sp³-hybridized carbons (Fsp3) is 0.538. The van der Waals surface area contributed by atoms with Crippen LogP contribution in [0.15, 0.2) is 18.2 Å². The molecule has 1 aliphatic heterocycles. The summed E-state index contributed by atoms with van der Waals surface area (Å²) in [5.41, 5.74) is 2.22. The maximum Gasteiger partial charge on any atom is 0.123 e. The van der Waals surface area contributed by atoms with Gasteiger partial charge in [-0.3, -0.25) is 0 Å². The van der Waals surface area contributed by atoms with Crippen molar-refractivity contribution in [3.8, 4) is 0 Å². The highest BCUT2D eigenvalue weighted by atomic mass is 79.9. The number of hydrogen-bond acceptors (Lipinski definition) is 1. The van der Waals surface area contributed by atoms with Gasteiger partial charge in [0.05, 0.1) is 0 Å². The summed E-state index contributed by atoms with van der Waals surface area (Å²) in [6, 6.07) is 5.63. The van der Waals surface area contributed by atoms with E-state index in [9.17, 15) is 4.39 Å². The third-order valence-electron chi connectivity index (χ3n) is 3.28. The van der Waals surface area contributed by atoms with Crippen molar-refractivity contribution in [2.45, 2.75) is 31.6 Å². The Hall–Kier alpha value is -0.570. The van der Waals surface area contributed by atoms with Gasteiger partial charge < -0.3 is 4.90 Å². The van der Waals surface area contributed by atoms with E-state index >= 15 is 0 Å². The third-order valence-corrected chi connectivity index (χ3v) is 3.88. The zero-order valence-corrected chi connectivity index (χ0v) is 11.3. The van der Waals surface area contributed by atoms with Crippen LogP contribution < -0.4 is 4.90 Å². The molecule has 1 heterocycles. The van der Waals surface area contributed by atoms with Crippen LogP contribution in [0.4, 0.5) is 10.1 Å². The van der Waals surface area contributed by atoms with Gasteiger partial charge in [-0.1, -0.05) is 22.9 Å². The summed E-state index contributed by atoms with van der Waals surface area (Å²) in [4.78, 5) is 2.39. The van der Waals surface area contributed by atoms with Crippen LogP contribution in [0, 0.1) is 11.7 Å². The maximum atomic E-state index is 13.2. The summed E-state index contributed by atoms with van der Waals surface area (Å²) in [5, 5.41) is 0.706. The summed E-state index contributed by atoms with van der Waals surface area (Å²) in [6.45, 7) is 5.59. The lowest BCUT2D eigenvalue weighted by molar-refractivity contribution is 0.623. The van der Waals surface area contributed by atoms with Crippen molar-refractivity contribution in [3.63, 3.8) is 0 Å². The number of halogens is 2. The van der Waals surface area contributed by atoms with E-state index in [0.717, 1.165) is 18.0 Å². The summed E-state index contributed by atoms with van der Waals surface area (Å²) < 4.78 is 13.2. The molecule has 88 valence electrons. The molecular weight excluding hydrogens is 269 g/mol. The predicted octanol–water partition coefficient (Wildman–Crippen LogP) is 3.96. The number of alkyl halides is 1. The van der Waals surface area contributed by atoms with Crippen LogP contribution in [0.3, 0.4) is 0 Å². The molecule has 1 aromatic carbocycles. The van der Waals surface area contributed by atoms with Gasteiger partial charge in [-0.05, 0) is 43.0 Å². The van der Waals surface area contributed by atoms with Crippen LogP contribution in [0.1, 0.15) is 25.8 Å². The van der Waals surface area contributed by atoms with Crippen molar-refractivity contribution in [2.24, 2.45) is 5.92 Å². The number of rotatable bonds is 2. The van der Waals surface area contributed by atoms with Crippen molar-refractivity contribution in [2.75, 3.05) is 11.4 Å². The van der Waals surface area contributed by atoms with Gasteiger partial charge in [0.1, 0.15) is 5.82 Å². The molecular formula is C13H17BrFN. The first-order valence-electron chi connectivity index (χ1n) is 5.73. The molecule has 0 amide bonds. The van der Waals surface area contributed by atoms with Gasteiger partial charge in [0.15, 0.2) is 0 Å². The van der Waals surface area contributed by atoms with E-state index in [-0.39, 0.29) is 5.82 Å². The Labute approximate surface area is 105 Å². The Kier molecular flexibility index (Phi) is 3.53. The highest BCUT2D eigenvalue weighted by Gasteiger charge is 2.27. The molecule has 0 aromatic heterocycles. The van der Waals surface area contributed by atoms with Gasteiger partial charge in [0, 0.05) is 23.6 Å².